The maximum absolute atomic E-state index is 11.7. The zero-order valence-electron chi connectivity index (χ0n) is 29.2. The van der Waals surface area contributed by atoms with E-state index in [9.17, 15) is 27.7 Å². The Morgan fingerprint density at radius 3 is 1.96 bits per heavy atom. The van der Waals surface area contributed by atoms with E-state index in [-0.39, 0.29) is 6.32 Å². The Hall–Kier alpha value is -3.88. The number of aromatic amines is 2. The summed E-state index contributed by atoms with van der Waals surface area (Å²) in [5.41, 5.74) is -0.465. The highest BCUT2D eigenvalue weighted by atomic mass is 32.2. The van der Waals surface area contributed by atoms with Gasteiger partial charge in [0.1, 0.15) is 15.1 Å². The highest BCUT2D eigenvalue weighted by Gasteiger charge is 2.17. The maximum atomic E-state index is 11.7. The van der Waals surface area contributed by atoms with Crippen molar-refractivity contribution in [3.63, 3.8) is 0 Å². The Morgan fingerprint density at radius 2 is 1.52 bits per heavy atom. The lowest BCUT2D eigenvalue weighted by molar-refractivity contribution is -0.858. The second-order valence-corrected chi connectivity index (χ2v) is 14.4. The molecule has 2 aromatic carbocycles. The van der Waals surface area contributed by atoms with Gasteiger partial charge in [0.2, 0.25) is 11.6 Å². The zero-order chi connectivity index (χ0) is 37.8. The number of thiazole rings is 1. The minimum Gasteiger partial charge on any atom is -0.744 e. The summed E-state index contributed by atoms with van der Waals surface area (Å²) in [7, 11) is -0.316. The summed E-state index contributed by atoms with van der Waals surface area (Å²) in [6.07, 6.45) is -0.00463. The van der Waals surface area contributed by atoms with Crippen molar-refractivity contribution in [2.75, 3.05) is 40.3 Å². The Kier molecular flexibility index (Phi) is 16.5. The predicted octanol–water partition coefficient (Wildman–Crippen LogP) is 1.89. The topological polar surface area (TPSA) is 249 Å². The van der Waals surface area contributed by atoms with Gasteiger partial charge in [0.25, 0.3) is 5.56 Å². The van der Waals surface area contributed by atoms with Gasteiger partial charge in [-0.05, 0) is 70.0 Å². The summed E-state index contributed by atoms with van der Waals surface area (Å²) in [6.45, 7) is 11.6. The van der Waals surface area contributed by atoms with Crippen LogP contribution in [-0.2, 0) is 10.1 Å². The molecule has 16 nitrogen and oxygen atoms in total. The number of nitrogens with zero attached hydrogens (tertiary/aromatic N) is 4. The molecule has 3 atom stereocenters. The second kappa shape index (κ2) is 19.5. The van der Waals surface area contributed by atoms with Crippen LogP contribution in [0.3, 0.4) is 0 Å². The third kappa shape index (κ3) is 13.8. The Balaban J connectivity index is 0.000000542. The normalized spacial score (nSPS) is 13.5. The highest BCUT2D eigenvalue weighted by molar-refractivity contribution is 7.86. The van der Waals surface area contributed by atoms with Crippen LogP contribution in [0.25, 0.3) is 20.8 Å². The van der Waals surface area contributed by atoms with Crippen LogP contribution in [0, 0.1) is 6.92 Å². The number of hydrogen-bond acceptors (Lipinski definition) is 14. The van der Waals surface area contributed by atoms with Gasteiger partial charge < -0.3 is 29.9 Å². The second-order valence-electron chi connectivity index (χ2n) is 12.1. The third-order valence-electron chi connectivity index (χ3n) is 6.55. The molecule has 0 aliphatic rings. The van der Waals surface area contributed by atoms with Crippen molar-refractivity contribution in [2.24, 2.45) is 10.2 Å². The fraction of sp³-hybridized carbons (Fsp3) is 0.469. The molecule has 7 N–H and O–H groups in total. The van der Waals surface area contributed by atoms with E-state index in [0.29, 0.717) is 51.7 Å². The largest absolute Gasteiger partial charge is 0.744 e. The minimum atomic E-state index is -4.66. The Bertz CT molecular complexity index is 1900. The molecule has 18 heteroatoms. The van der Waals surface area contributed by atoms with Crippen LogP contribution in [-0.4, -0.2) is 112 Å². The third-order valence-corrected chi connectivity index (χ3v) is 8.85. The molecular weight excluding hydrogens is 691 g/mol. The number of aromatic hydroxyl groups is 1. The van der Waals surface area contributed by atoms with Crippen molar-refractivity contribution in [2.45, 2.75) is 64.2 Å². The van der Waals surface area contributed by atoms with Gasteiger partial charge in [0.05, 0.1) is 59.8 Å². The van der Waals surface area contributed by atoms with E-state index >= 15 is 0 Å². The number of aromatic nitrogens is 3. The monoisotopic (exact) mass is 739 g/mol. The van der Waals surface area contributed by atoms with Crippen LogP contribution >= 0.6 is 11.3 Å². The fourth-order valence-electron chi connectivity index (χ4n) is 4.68. The first-order chi connectivity index (χ1) is 23.3. The lowest BCUT2D eigenvalue weighted by Gasteiger charge is -2.25. The summed E-state index contributed by atoms with van der Waals surface area (Å²) in [4.78, 5) is 34.2. The molecule has 4 aromatic rings. The molecule has 50 heavy (non-hydrogen) atoms. The molecule has 0 aliphatic carbocycles. The van der Waals surface area contributed by atoms with Crippen molar-refractivity contribution >= 4 is 43.0 Å². The van der Waals surface area contributed by atoms with Gasteiger partial charge in [-0.1, -0.05) is 13.0 Å². The summed E-state index contributed by atoms with van der Waals surface area (Å²) in [5.74, 6) is -0.706. The molecule has 0 saturated carbocycles. The molecule has 2 heterocycles. The first-order valence-electron chi connectivity index (χ1n) is 15.8. The lowest BCUT2D eigenvalue weighted by atomic mass is 10.2. The number of nitrogens with one attached hydrogen (secondary N) is 3. The van der Waals surface area contributed by atoms with Crippen molar-refractivity contribution < 1.29 is 39.7 Å². The number of aliphatic hydroxyl groups is 3. The molecule has 0 radical (unpaired) electrons. The van der Waals surface area contributed by atoms with Crippen LogP contribution in [0.1, 0.15) is 41.1 Å². The SMILES string of the molecule is CC(O)CN(CC(C)O)CC(C)O.CCC[NH+](C)C.Cc1ccc2nc(-c3ccc(N=Nc4c(O)[nH]c(=O)[nH]c4=O)cc3)sc2c1S(=O)(=O)[O-].[HH]. The molecule has 278 valence electrons. The van der Waals surface area contributed by atoms with Crippen molar-refractivity contribution in [3.05, 3.63) is 62.8 Å². The standard InChI is InChI=1S/C18H13N5O6S2.C9H21NO3.C5H13N.H2/c1-8-2-7-11-13(14(8)31(27,28)29)30-17(19-11)9-3-5-10(6-4-9)22-23-12-15(24)20-18(26)21-16(12)25;1-7(11)4-10(5-8(2)12)6-9(3)13;1-4-5-6(2)3;/h2-7H,1H3,(H,27,28,29)(H3,20,21,24,25,26);7-9,11-13H,4-6H2,1-3H3;4-5H2,1-3H3;1H. The summed E-state index contributed by atoms with van der Waals surface area (Å²) in [6, 6.07) is 9.63. The minimum absolute atomic E-state index is 0. The number of aryl methyl sites for hydroxylation is 1. The molecule has 4 rings (SSSR count). The highest BCUT2D eigenvalue weighted by Crippen LogP contribution is 2.36. The first-order valence-corrected chi connectivity index (χ1v) is 18.0. The maximum Gasteiger partial charge on any atom is 0.328 e. The van der Waals surface area contributed by atoms with Gasteiger partial charge in [-0.15, -0.1) is 16.5 Å². The van der Waals surface area contributed by atoms with Gasteiger partial charge in [-0.2, -0.15) is 5.11 Å². The van der Waals surface area contributed by atoms with Crippen molar-refractivity contribution in [1.82, 2.24) is 19.9 Å². The van der Waals surface area contributed by atoms with E-state index in [1.54, 1.807) is 58.0 Å². The molecule has 2 aromatic heterocycles. The number of benzene rings is 2. The zero-order valence-corrected chi connectivity index (χ0v) is 30.8. The molecule has 3 unspecified atom stereocenters. The van der Waals surface area contributed by atoms with Gasteiger partial charge in [-0.3, -0.25) is 19.7 Å². The van der Waals surface area contributed by atoms with E-state index in [2.05, 4.69) is 36.2 Å². The lowest BCUT2D eigenvalue weighted by Crippen LogP contribution is -3.05. The summed E-state index contributed by atoms with van der Waals surface area (Å²) < 4.78 is 35.2. The van der Waals surface area contributed by atoms with E-state index in [1.165, 1.54) is 23.9 Å². The molecule has 0 spiro atoms. The smallest absolute Gasteiger partial charge is 0.328 e. The van der Waals surface area contributed by atoms with Crippen LogP contribution in [0.2, 0.25) is 0 Å². The molecule has 0 saturated heterocycles. The molecular formula is C32H49N7O9S2. The number of fused-ring (bicyclic) bond motifs is 1. The van der Waals surface area contributed by atoms with Crippen LogP contribution in [0.15, 0.2) is 61.1 Å². The first kappa shape index (κ1) is 42.3. The van der Waals surface area contributed by atoms with Gasteiger partial charge in [-0.25, -0.2) is 18.2 Å². The molecule has 0 amide bonds. The van der Waals surface area contributed by atoms with Crippen molar-refractivity contribution in [1.29, 1.82) is 0 Å². The Morgan fingerprint density at radius 1 is 0.960 bits per heavy atom. The van der Waals surface area contributed by atoms with Crippen LogP contribution in [0.4, 0.5) is 11.4 Å². The number of rotatable bonds is 12. The number of aliphatic hydroxyl groups excluding tert-OH is 3. The average Bonchev–Trinajstić information content (AvgIpc) is 3.39. The van der Waals surface area contributed by atoms with E-state index in [4.69, 9.17) is 15.3 Å². The van der Waals surface area contributed by atoms with Crippen LogP contribution in [0.5, 0.6) is 5.88 Å². The van der Waals surface area contributed by atoms with Crippen molar-refractivity contribution in [3.8, 4) is 16.5 Å². The number of azo groups is 1. The van der Waals surface area contributed by atoms with Gasteiger partial charge >= 0.3 is 5.69 Å². The molecule has 0 aliphatic heterocycles. The van der Waals surface area contributed by atoms with Gasteiger partial charge in [0.15, 0.2) is 0 Å². The van der Waals surface area contributed by atoms with Crippen LogP contribution < -0.4 is 16.1 Å². The predicted molar refractivity (Wildman–Crippen MR) is 193 cm³/mol. The number of H-pyrrole nitrogens is 2. The molecule has 0 fully saturated rings. The number of hydrogen-bond donors (Lipinski definition) is 7. The summed E-state index contributed by atoms with van der Waals surface area (Å²) in [5, 5.41) is 45.0. The van der Waals surface area contributed by atoms with E-state index in [1.807, 2.05) is 14.9 Å². The quantitative estimate of drug-likeness (QED) is 0.0816. The molecule has 0 bridgehead atoms. The summed E-state index contributed by atoms with van der Waals surface area (Å²) >= 11 is 1.08. The van der Waals surface area contributed by atoms with Gasteiger partial charge in [0, 0.05) is 26.6 Å². The average molecular weight is 740 g/mol. The Labute approximate surface area is 296 Å². The van der Waals surface area contributed by atoms with E-state index in [0.717, 1.165) is 11.3 Å². The van der Waals surface area contributed by atoms with E-state index < -0.39 is 51.2 Å². The fourth-order valence-corrected chi connectivity index (χ4v) is 6.97. The number of quaternary nitrogens is 1.